The fourth-order valence-corrected chi connectivity index (χ4v) is 2.47. The number of carbonyl (C=O) groups excluding carboxylic acids is 1. The molecule has 1 amide bonds. The third kappa shape index (κ3) is 1.02. The summed E-state index contributed by atoms with van der Waals surface area (Å²) in [7, 11) is 0. The third-order valence-corrected chi connectivity index (χ3v) is 3.35. The van der Waals surface area contributed by atoms with E-state index in [1.165, 1.54) is 0 Å². The maximum Gasteiger partial charge on any atom is 0.230 e. The molecule has 0 aromatic heterocycles. The molecule has 15 heavy (non-hydrogen) atoms. The summed E-state index contributed by atoms with van der Waals surface area (Å²) in [6, 6.07) is 9.80. The first-order valence-electron chi connectivity index (χ1n) is 5.13. The average molecular weight is 198 g/mol. The molecule has 2 heterocycles. The van der Waals surface area contributed by atoms with Crippen molar-refractivity contribution in [3.8, 4) is 6.07 Å². The fourth-order valence-electron chi connectivity index (χ4n) is 2.47. The largest absolute Gasteiger partial charge is 0.308 e. The van der Waals surface area contributed by atoms with Crippen molar-refractivity contribution in [2.45, 2.75) is 18.9 Å². The Labute approximate surface area is 87.9 Å². The van der Waals surface area contributed by atoms with Crippen LogP contribution in [-0.4, -0.2) is 11.9 Å². The number of carbonyl (C=O) groups is 1. The Morgan fingerprint density at radius 2 is 2.07 bits per heavy atom. The van der Waals surface area contributed by atoms with E-state index in [-0.39, 0.29) is 11.8 Å². The summed E-state index contributed by atoms with van der Waals surface area (Å²) in [5.41, 5.74) is 1.38. The minimum Gasteiger partial charge on any atom is -0.308 e. The molecule has 3 fully saturated rings. The van der Waals surface area contributed by atoms with E-state index in [0.29, 0.717) is 11.6 Å². The van der Waals surface area contributed by atoms with E-state index in [4.69, 9.17) is 5.26 Å². The quantitative estimate of drug-likeness (QED) is 0.689. The van der Waals surface area contributed by atoms with Gasteiger partial charge in [-0.05, 0) is 25.0 Å². The Bertz CT molecular complexity index is 469. The number of nitrogens with zero attached hydrogens (tertiary/aromatic N) is 2. The van der Waals surface area contributed by atoms with Crippen molar-refractivity contribution in [2.24, 2.45) is 5.92 Å². The SMILES string of the molecule is N#Cc1ccccc1N1C(=O)C2CC1C2. The topological polar surface area (TPSA) is 44.1 Å². The number of rotatable bonds is 1. The van der Waals surface area contributed by atoms with Gasteiger partial charge in [0.15, 0.2) is 0 Å². The van der Waals surface area contributed by atoms with Gasteiger partial charge in [-0.3, -0.25) is 4.79 Å². The number of para-hydroxylation sites is 1. The van der Waals surface area contributed by atoms with Gasteiger partial charge in [0.25, 0.3) is 0 Å². The highest BCUT2D eigenvalue weighted by molar-refractivity contribution is 6.01. The average Bonchev–Trinajstić information content (AvgIpc) is 2.68. The lowest BCUT2D eigenvalue weighted by Crippen LogP contribution is -2.30. The van der Waals surface area contributed by atoms with Crippen LogP contribution in [0.5, 0.6) is 0 Å². The number of benzene rings is 1. The van der Waals surface area contributed by atoms with Crippen molar-refractivity contribution in [3.05, 3.63) is 29.8 Å². The van der Waals surface area contributed by atoms with Crippen LogP contribution in [0.25, 0.3) is 0 Å². The first kappa shape index (κ1) is 8.49. The molecule has 1 aromatic carbocycles. The maximum absolute atomic E-state index is 11.8. The summed E-state index contributed by atoms with van der Waals surface area (Å²) in [5.74, 6) is 0.421. The highest BCUT2D eigenvalue weighted by Crippen LogP contribution is 2.44. The van der Waals surface area contributed by atoms with Crippen molar-refractivity contribution in [1.82, 2.24) is 0 Å². The predicted octanol–water partition coefficient (Wildman–Crippen LogP) is 1.68. The van der Waals surface area contributed by atoms with E-state index in [9.17, 15) is 4.79 Å². The Hall–Kier alpha value is -1.82. The molecular formula is C12H10N2O. The zero-order chi connectivity index (χ0) is 10.4. The van der Waals surface area contributed by atoms with Crippen LogP contribution in [0.2, 0.25) is 0 Å². The van der Waals surface area contributed by atoms with Crippen molar-refractivity contribution < 1.29 is 4.79 Å². The Morgan fingerprint density at radius 3 is 2.67 bits per heavy atom. The Balaban J connectivity index is 2.07. The van der Waals surface area contributed by atoms with E-state index in [1.54, 1.807) is 6.07 Å². The van der Waals surface area contributed by atoms with Gasteiger partial charge in [0.05, 0.1) is 11.3 Å². The number of amides is 1. The minimum atomic E-state index is 0.197. The maximum atomic E-state index is 11.8. The van der Waals surface area contributed by atoms with E-state index < -0.39 is 0 Å². The molecule has 0 N–H and O–H groups in total. The summed E-state index contributed by atoms with van der Waals surface area (Å²) >= 11 is 0. The lowest BCUT2D eigenvalue weighted by molar-refractivity contribution is -0.119. The van der Waals surface area contributed by atoms with Gasteiger partial charge in [-0.15, -0.1) is 0 Å². The summed E-state index contributed by atoms with van der Waals surface area (Å²) in [5, 5.41) is 8.98. The van der Waals surface area contributed by atoms with Gasteiger partial charge >= 0.3 is 0 Å². The van der Waals surface area contributed by atoms with Crippen LogP contribution in [0.15, 0.2) is 24.3 Å². The second-order valence-electron chi connectivity index (χ2n) is 4.16. The van der Waals surface area contributed by atoms with Crippen LogP contribution in [0.4, 0.5) is 5.69 Å². The number of hydrogen-bond donors (Lipinski definition) is 0. The fraction of sp³-hybridized carbons (Fsp3) is 0.333. The first-order valence-corrected chi connectivity index (χ1v) is 5.13. The van der Waals surface area contributed by atoms with Crippen LogP contribution in [-0.2, 0) is 4.79 Å². The molecule has 0 atom stereocenters. The molecule has 2 saturated heterocycles. The highest BCUT2D eigenvalue weighted by Gasteiger charge is 2.50. The zero-order valence-corrected chi connectivity index (χ0v) is 8.18. The van der Waals surface area contributed by atoms with Gasteiger partial charge in [-0.1, -0.05) is 12.1 Å². The van der Waals surface area contributed by atoms with Crippen LogP contribution < -0.4 is 4.90 Å². The highest BCUT2D eigenvalue weighted by atomic mass is 16.2. The van der Waals surface area contributed by atoms with Gasteiger partial charge < -0.3 is 4.90 Å². The third-order valence-electron chi connectivity index (χ3n) is 3.35. The number of nitriles is 1. The molecule has 3 heteroatoms. The molecule has 0 radical (unpaired) electrons. The number of anilines is 1. The van der Waals surface area contributed by atoms with Crippen molar-refractivity contribution in [1.29, 1.82) is 5.26 Å². The molecule has 1 saturated carbocycles. The van der Waals surface area contributed by atoms with Gasteiger partial charge in [0.2, 0.25) is 5.91 Å². The van der Waals surface area contributed by atoms with Crippen LogP contribution in [0.3, 0.4) is 0 Å². The summed E-state index contributed by atoms with van der Waals surface area (Å²) in [6.45, 7) is 0. The predicted molar refractivity (Wildman–Crippen MR) is 55.2 cm³/mol. The van der Waals surface area contributed by atoms with Crippen LogP contribution in [0, 0.1) is 17.2 Å². The number of hydrogen-bond acceptors (Lipinski definition) is 2. The van der Waals surface area contributed by atoms with E-state index in [1.807, 2.05) is 23.1 Å². The van der Waals surface area contributed by atoms with Gasteiger partial charge in [-0.2, -0.15) is 5.26 Å². The molecule has 74 valence electrons. The van der Waals surface area contributed by atoms with Gasteiger partial charge in [0.1, 0.15) is 6.07 Å². The first-order chi connectivity index (χ1) is 7.31. The van der Waals surface area contributed by atoms with Gasteiger partial charge in [0, 0.05) is 12.0 Å². The van der Waals surface area contributed by atoms with E-state index in [2.05, 4.69) is 6.07 Å². The van der Waals surface area contributed by atoms with E-state index >= 15 is 0 Å². The monoisotopic (exact) mass is 198 g/mol. The second kappa shape index (κ2) is 2.83. The van der Waals surface area contributed by atoms with Gasteiger partial charge in [-0.25, -0.2) is 0 Å². The molecule has 0 unspecified atom stereocenters. The van der Waals surface area contributed by atoms with Crippen LogP contribution >= 0.6 is 0 Å². The van der Waals surface area contributed by atoms with Crippen LogP contribution in [0.1, 0.15) is 18.4 Å². The molecule has 1 aliphatic carbocycles. The van der Waals surface area contributed by atoms with Crippen molar-refractivity contribution in [2.75, 3.05) is 4.90 Å². The van der Waals surface area contributed by atoms with Crippen molar-refractivity contribution >= 4 is 11.6 Å². The smallest absolute Gasteiger partial charge is 0.230 e. The molecule has 0 spiro atoms. The summed E-state index contributed by atoms with van der Waals surface area (Å²) in [6.07, 6.45) is 1.94. The van der Waals surface area contributed by atoms with E-state index in [0.717, 1.165) is 18.5 Å². The lowest BCUT2D eigenvalue weighted by atomic mass is 9.86. The molecule has 2 aliphatic heterocycles. The molecule has 3 nitrogen and oxygen atoms in total. The minimum absolute atomic E-state index is 0.197. The molecule has 2 bridgehead atoms. The standard InChI is InChI=1S/C12H10N2O/c13-7-8-3-1-2-4-11(8)14-10-5-9(6-10)12(14)15/h1-4,9-10H,5-6H2. The zero-order valence-electron chi connectivity index (χ0n) is 8.18. The summed E-state index contributed by atoms with van der Waals surface area (Å²) < 4.78 is 0. The molecule has 1 aromatic rings. The Kier molecular flexibility index (Phi) is 1.60. The molecule has 4 rings (SSSR count). The normalized spacial score (nSPS) is 27.4. The second-order valence-corrected chi connectivity index (χ2v) is 4.16. The molecular weight excluding hydrogens is 188 g/mol. The molecule has 3 aliphatic rings. The number of fused-ring (bicyclic) bond motifs is 1. The Morgan fingerprint density at radius 1 is 1.33 bits per heavy atom. The van der Waals surface area contributed by atoms with Crippen molar-refractivity contribution in [3.63, 3.8) is 0 Å². The summed E-state index contributed by atoms with van der Waals surface area (Å²) in [4.78, 5) is 13.6. The lowest BCUT2D eigenvalue weighted by Gasteiger charge is -2.25.